The first-order valence-corrected chi connectivity index (χ1v) is 6.55. The minimum Gasteiger partial charge on any atom is -0.439 e. The molecule has 0 spiro atoms. The van der Waals surface area contributed by atoms with Crippen molar-refractivity contribution in [2.45, 2.75) is 0 Å². The van der Waals surface area contributed by atoms with Gasteiger partial charge in [0.15, 0.2) is 0 Å². The Hall–Kier alpha value is -2.32. The van der Waals surface area contributed by atoms with E-state index in [4.69, 9.17) is 16.3 Å². The third kappa shape index (κ3) is 2.98. The van der Waals surface area contributed by atoms with Gasteiger partial charge in [0.05, 0.1) is 0 Å². The van der Waals surface area contributed by atoms with Crippen LogP contribution in [0.25, 0.3) is 11.1 Å². The molecular weight excluding hydrogens is 270 g/mol. The zero-order valence-corrected chi connectivity index (χ0v) is 11.3. The van der Waals surface area contributed by atoms with Crippen LogP contribution in [0.15, 0.2) is 66.9 Å². The third-order valence-electron chi connectivity index (χ3n) is 2.82. The first kappa shape index (κ1) is 12.7. The van der Waals surface area contributed by atoms with Crippen molar-refractivity contribution in [3.05, 3.63) is 77.9 Å². The van der Waals surface area contributed by atoms with Gasteiger partial charge in [-0.2, -0.15) is 0 Å². The Bertz CT molecular complexity index is 678. The van der Waals surface area contributed by atoms with E-state index >= 15 is 0 Å². The van der Waals surface area contributed by atoms with Gasteiger partial charge in [-0.3, -0.25) is 0 Å². The van der Waals surface area contributed by atoms with Crippen molar-refractivity contribution in [3.63, 3.8) is 0 Å². The molecule has 0 saturated heterocycles. The molecule has 1 radical (unpaired) electrons. The number of ether oxygens (including phenoxy) is 1. The molecule has 3 aromatic rings. The van der Waals surface area contributed by atoms with E-state index in [9.17, 15) is 0 Å². The molecule has 2 aromatic carbocycles. The van der Waals surface area contributed by atoms with E-state index in [0.29, 0.717) is 16.7 Å². The number of nitrogens with zero attached hydrogens (tertiary/aromatic N) is 1. The maximum atomic E-state index is 5.83. The second kappa shape index (κ2) is 5.76. The van der Waals surface area contributed by atoms with Crippen LogP contribution in [0.1, 0.15) is 0 Å². The number of aromatic nitrogens is 1. The highest BCUT2D eigenvalue weighted by Gasteiger charge is 2.01. The lowest BCUT2D eigenvalue weighted by atomic mass is 10.1. The van der Waals surface area contributed by atoms with E-state index in [1.807, 2.05) is 48.5 Å². The number of halogens is 1. The Morgan fingerprint density at radius 1 is 0.850 bits per heavy atom. The van der Waals surface area contributed by atoms with Crippen LogP contribution in [0.5, 0.6) is 11.6 Å². The molecule has 0 saturated carbocycles. The molecule has 0 N–H and O–H groups in total. The average molecular weight is 281 g/mol. The molecule has 3 rings (SSSR count). The van der Waals surface area contributed by atoms with Crippen LogP contribution < -0.4 is 4.74 Å². The quantitative estimate of drug-likeness (QED) is 0.674. The summed E-state index contributed by atoms with van der Waals surface area (Å²) in [6.07, 6.45) is 1.79. The van der Waals surface area contributed by atoms with Crippen LogP contribution >= 0.6 is 11.6 Å². The lowest BCUT2D eigenvalue weighted by Gasteiger charge is -2.06. The topological polar surface area (TPSA) is 22.1 Å². The van der Waals surface area contributed by atoms with Gasteiger partial charge in [0.2, 0.25) is 5.88 Å². The van der Waals surface area contributed by atoms with Crippen LogP contribution in [0.3, 0.4) is 0 Å². The molecule has 20 heavy (non-hydrogen) atoms. The molecule has 0 aliphatic heterocycles. The summed E-state index contributed by atoms with van der Waals surface area (Å²) in [5.74, 6) is 1.27. The Kier molecular flexibility index (Phi) is 3.66. The van der Waals surface area contributed by atoms with Gasteiger partial charge in [-0.15, -0.1) is 0 Å². The second-order valence-corrected chi connectivity index (χ2v) is 4.67. The molecule has 0 unspecified atom stereocenters. The van der Waals surface area contributed by atoms with Crippen LogP contribution in [0.2, 0.25) is 5.02 Å². The number of rotatable bonds is 3. The first-order valence-electron chi connectivity index (χ1n) is 6.17. The monoisotopic (exact) mass is 280 g/mol. The molecule has 0 fully saturated rings. The number of benzene rings is 2. The zero-order valence-electron chi connectivity index (χ0n) is 10.6. The highest BCUT2D eigenvalue weighted by Crippen LogP contribution is 2.24. The predicted molar refractivity (Wildman–Crippen MR) is 80.0 cm³/mol. The van der Waals surface area contributed by atoms with E-state index in [1.165, 1.54) is 0 Å². The van der Waals surface area contributed by atoms with Crippen molar-refractivity contribution in [1.29, 1.82) is 0 Å². The second-order valence-electron chi connectivity index (χ2n) is 4.23. The maximum absolute atomic E-state index is 5.83. The minimum atomic E-state index is 0.554. The summed E-state index contributed by atoms with van der Waals surface area (Å²) in [6, 6.07) is 21.8. The summed E-state index contributed by atoms with van der Waals surface area (Å²) in [6.45, 7) is 0. The van der Waals surface area contributed by atoms with Crippen LogP contribution in [0.4, 0.5) is 0 Å². The number of hydrogen-bond donors (Lipinski definition) is 0. The van der Waals surface area contributed by atoms with Crippen LogP contribution in [0, 0.1) is 6.07 Å². The van der Waals surface area contributed by atoms with Crippen molar-refractivity contribution in [3.8, 4) is 22.8 Å². The summed E-state index contributed by atoms with van der Waals surface area (Å²) >= 11 is 5.83. The van der Waals surface area contributed by atoms with E-state index in [0.717, 1.165) is 11.1 Å². The maximum Gasteiger partial charge on any atom is 0.219 e. The molecule has 2 nitrogen and oxygen atoms in total. The van der Waals surface area contributed by atoms with Gasteiger partial charge in [-0.25, -0.2) is 4.98 Å². The smallest absolute Gasteiger partial charge is 0.219 e. The molecule has 0 amide bonds. The van der Waals surface area contributed by atoms with E-state index in [2.05, 4.69) is 11.1 Å². The van der Waals surface area contributed by atoms with Gasteiger partial charge in [0.1, 0.15) is 5.75 Å². The molecular formula is C17H11ClNO. The van der Waals surface area contributed by atoms with Crippen molar-refractivity contribution < 1.29 is 4.74 Å². The SMILES string of the molecule is Clc1ccc(Oc2ccc(-c3cc[c]cc3)cn2)cc1. The minimum absolute atomic E-state index is 0.554. The largest absolute Gasteiger partial charge is 0.439 e. The van der Waals surface area contributed by atoms with Crippen LogP contribution in [-0.4, -0.2) is 4.98 Å². The van der Waals surface area contributed by atoms with Crippen molar-refractivity contribution in [1.82, 2.24) is 4.98 Å². The summed E-state index contributed by atoms with van der Waals surface area (Å²) in [7, 11) is 0. The lowest BCUT2D eigenvalue weighted by Crippen LogP contribution is -1.88. The van der Waals surface area contributed by atoms with Gasteiger partial charge in [0.25, 0.3) is 0 Å². The van der Waals surface area contributed by atoms with E-state index < -0.39 is 0 Å². The Morgan fingerprint density at radius 2 is 1.60 bits per heavy atom. The van der Waals surface area contributed by atoms with Gasteiger partial charge < -0.3 is 4.74 Å². The summed E-state index contributed by atoms with van der Waals surface area (Å²) in [5.41, 5.74) is 2.15. The first-order chi connectivity index (χ1) is 9.81. The fraction of sp³-hybridized carbons (Fsp3) is 0. The zero-order chi connectivity index (χ0) is 13.8. The fourth-order valence-electron chi connectivity index (χ4n) is 1.81. The van der Waals surface area contributed by atoms with Crippen molar-refractivity contribution in [2.24, 2.45) is 0 Å². The molecule has 97 valence electrons. The van der Waals surface area contributed by atoms with Gasteiger partial charge in [0, 0.05) is 22.8 Å². The van der Waals surface area contributed by atoms with Gasteiger partial charge in [-0.1, -0.05) is 35.9 Å². The lowest BCUT2D eigenvalue weighted by molar-refractivity contribution is 0.463. The third-order valence-corrected chi connectivity index (χ3v) is 3.08. The number of hydrogen-bond acceptors (Lipinski definition) is 2. The average Bonchev–Trinajstić information content (AvgIpc) is 2.51. The highest BCUT2D eigenvalue weighted by atomic mass is 35.5. The van der Waals surface area contributed by atoms with Crippen LogP contribution in [-0.2, 0) is 0 Å². The summed E-state index contributed by atoms with van der Waals surface area (Å²) in [5, 5.41) is 0.682. The van der Waals surface area contributed by atoms with Crippen molar-refractivity contribution >= 4 is 11.6 Å². The summed E-state index contributed by atoms with van der Waals surface area (Å²) in [4.78, 5) is 4.31. The van der Waals surface area contributed by atoms with Gasteiger partial charge >= 0.3 is 0 Å². The molecule has 0 aliphatic carbocycles. The standard InChI is InChI=1S/C17H11ClNO/c18-15-7-9-16(10-8-15)20-17-11-6-14(12-19-17)13-4-2-1-3-5-13/h2-12H. The van der Waals surface area contributed by atoms with E-state index in [-0.39, 0.29) is 0 Å². The molecule has 1 aromatic heterocycles. The Labute approximate surface area is 122 Å². The Morgan fingerprint density at radius 3 is 2.25 bits per heavy atom. The normalized spacial score (nSPS) is 10.2. The highest BCUT2D eigenvalue weighted by molar-refractivity contribution is 6.30. The molecule has 0 bridgehead atoms. The number of pyridine rings is 1. The van der Waals surface area contributed by atoms with E-state index in [1.54, 1.807) is 18.3 Å². The fourth-order valence-corrected chi connectivity index (χ4v) is 1.94. The summed E-state index contributed by atoms with van der Waals surface area (Å²) < 4.78 is 5.65. The molecule has 0 aliphatic rings. The van der Waals surface area contributed by atoms with Gasteiger partial charge in [-0.05, 0) is 42.0 Å². The molecule has 1 heterocycles. The van der Waals surface area contributed by atoms with Crippen molar-refractivity contribution in [2.75, 3.05) is 0 Å². The molecule has 3 heteroatoms. The predicted octanol–water partition coefficient (Wildman–Crippen LogP) is 4.99. The Balaban J connectivity index is 1.78. The molecule has 0 atom stereocenters.